The third-order valence-corrected chi connectivity index (χ3v) is 10.9. The van der Waals surface area contributed by atoms with Gasteiger partial charge >= 0.3 is 11.9 Å². The molecular formula is C21H38O6Si. The molecule has 3 fully saturated rings. The van der Waals surface area contributed by atoms with E-state index in [-0.39, 0.29) is 23.2 Å². The Hall–Kier alpha value is -0.923. The highest BCUT2D eigenvalue weighted by Gasteiger charge is 2.60. The smallest absolute Gasteiger partial charge is 0.314 e. The maximum atomic E-state index is 12.9. The van der Waals surface area contributed by atoms with Crippen molar-refractivity contribution < 1.29 is 28.2 Å². The molecule has 2 bridgehead atoms. The quantitative estimate of drug-likeness (QED) is 0.501. The summed E-state index contributed by atoms with van der Waals surface area (Å²) in [4.78, 5) is 24.6. The van der Waals surface area contributed by atoms with E-state index in [0.717, 1.165) is 0 Å². The van der Waals surface area contributed by atoms with Crippen LogP contribution in [0, 0.1) is 11.3 Å². The third-order valence-electron chi connectivity index (χ3n) is 6.38. The number of ether oxygens (including phenoxy) is 3. The van der Waals surface area contributed by atoms with E-state index >= 15 is 0 Å². The van der Waals surface area contributed by atoms with E-state index in [1.165, 1.54) is 6.92 Å². The molecule has 2 saturated heterocycles. The van der Waals surface area contributed by atoms with Gasteiger partial charge in [0, 0.05) is 6.92 Å². The van der Waals surface area contributed by atoms with Crippen LogP contribution in [-0.4, -0.2) is 44.4 Å². The standard InChI is InChI=1S/C21H38O6Si/c1-13(22)24-18-21(8)12-15(27-28(9,10)20(5,6)7)14(17(23)25-18)11-16(21)26-19(2,3)4/h14-16,18H,11-12H2,1-10H3/t14-,15-,16-,18+,21+/m0/s1. The summed E-state index contributed by atoms with van der Waals surface area (Å²) in [6.07, 6.45) is -0.452. The van der Waals surface area contributed by atoms with Crippen molar-refractivity contribution in [3.63, 3.8) is 0 Å². The fourth-order valence-corrected chi connectivity index (χ4v) is 5.14. The normalized spacial score (nSPS) is 34.0. The lowest BCUT2D eigenvalue weighted by Gasteiger charge is -2.49. The Morgan fingerprint density at radius 3 is 2.21 bits per heavy atom. The van der Waals surface area contributed by atoms with Crippen molar-refractivity contribution in [2.24, 2.45) is 11.3 Å². The van der Waals surface area contributed by atoms with E-state index in [1.54, 1.807) is 0 Å². The third kappa shape index (κ3) is 4.79. The Labute approximate surface area is 170 Å². The van der Waals surface area contributed by atoms with Crippen LogP contribution in [0.2, 0.25) is 18.1 Å². The summed E-state index contributed by atoms with van der Waals surface area (Å²) in [5.74, 6) is -1.26. The number of hydrogen-bond donors (Lipinski definition) is 0. The van der Waals surface area contributed by atoms with Crippen molar-refractivity contribution in [3.05, 3.63) is 0 Å². The lowest BCUT2D eigenvalue weighted by Crippen LogP contribution is -2.56. The van der Waals surface area contributed by atoms with Gasteiger partial charge in [0.25, 0.3) is 6.29 Å². The van der Waals surface area contributed by atoms with Crippen LogP contribution < -0.4 is 0 Å². The number of hydrogen-bond acceptors (Lipinski definition) is 6. The van der Waals surface area contributed by atoms with Crippen LogP contribution in [-0.2, 0) is 28.2 Å². The highest BCUT2D eigenvalue weighted by atomic mass is 28.4. The highest BCUT2D eigenvalue weighted by Crippen LogP contribution is 2.52. The van der Waals surface area contributed by atoms with Gasteiger partial charge in [-0.1, -0.05) is 20.8 Å². The van der Waals surface area contributed by atoms with Gasteiger partial charge < -0.3 is 18.6 Å². The summed E-state index contributed by atoms with van der Waals surface area (Å²) in [5.41, 5.74) is -1.06. The molecule has 0 amide bonds. The van der Waals surface area contributed by atoms with Crippen LogP contribution in [0.5, 0.6) is 0 Å². The molecule has 0 spiro atoms. The average molecular weight is 415 g/mol. The van der Waals surface area contributed by atoms with E-state index in [1.807, 2.05) is 27.7 Å². The molecule has 1 aliphatic carbocycles. The number of carbonyl (C=O) groups excluding carboxylic acids is 2. The highest BCUT2D eigenvalue weighted by molar-refractivity contribution is 6.74. The number of fused-ring (bicyclic) bond motifs is 4. The van der Waals surface area contributed by atoms with Gasteiger partial charge in [0.2, 0.25) is 0 Å². The van der Waals surface area contributed by atoms with Crippen LogP contribution in [0.3, 0.4) is 0 Å². The molecule has 0 N–H and O–H groups in total. The summed E-state index contributed by atoms with van der Waals surface area (Å²) >= 11 is 0. The largest absolute Gasteiger partial charge is 0.425 e. The van der Waals surface area contributed by atoms with E-state index in [4.69, 9.17) is 18.6 Å². The number of rotatable bonds is 4. The van der Waals surface area contributed by atoms with Crippen LogP contribution in [0.4, 0.5) is 0 Å². The Kier molecular flexibility index (Phi) is 6.17. The second kappa shape index (κ2) is 7.40. The Morgan fingerprint density at radius 2 is 1.75 bits per heavy atom. The zero-order valence-corrected chi connectivity index (χ0v) is 20.2. The molecule has 0 aromatic heterocycles. The molecular weight excluding hydrogens is 376 g/mol. The van der Waals surface area contributed by atoms with E-state index in [0.29, 0.717) is 12.8 Å². The lowest BCUT2D eigenvalue weighted by molar-refractivity contribution is -0.233. The molecule has 7 heteroatoms. The molecule has 2 aliphatic heterocycles. The Bertz CT molecular complexity index is 617. The van der Waals surface area contributed by atoms with Crippen molar-refractivity contribution in [1.29, 1.82) is 0 Å². The van der Waals surface area contributed by atoms with Gasteiger partial charge in [-0.2, -0.15) is 0 Å². The molecule has 3 aliphatic rings. The van der Waals surface area contributed by atoms with Crippen molar-refractivity contribution in [2.45, 2.75) is 110 Å². The minimum absolute atomic E-state index is 0.0277. The van der Waals surface area contributed by atoms with Crippen LogP contribution in [0.25, 0.3) is 0 Å². The first-order valence-electron chi connectivity index (χ1n) is 10.2. The topological polar surface area (TPSA) is 71.1 Å². The van der Waals surface area contributed by atoms with Gasteiger partial charge in [-0.25, -0.2) is 0 Å². The minimum atomic E-state index is -2.09. The molecule has 5 atom stereocenters. The number of esters is 2. The summed E-state index contributed by atoms with van der Waals surface area (Å²) in [5, 5.41) is 0.0277. The summed E-state index contributed by atoms with van der Waals surface area (Å²) in [7, 11) is -2.09. The molecule has 162 valence electrons. The maximum absolute atomic E-state index is 12.9. The van der Waals surface area contributed by atoms with Gasteiger partial charge in [0.15, 0.2) is 8.32 Å². The molecule has 0 unspecified atom stereocenters. The summed E-state index contributed by atoms with van der Waals surface area (Å²) in [6, 6.07) is 0. The fraction of sp³-hybridized carbons (Fsp3) is 0.905. The van der Waals surface area contributed by atoms with Crippen molar-refractivity contribution in [1.82, 2.24) is 0 Å². The SMILES string of the molecule is CC(=O)O[C@@H]1OC(=O)[C@H]2C[C@H](OC(C)(C)C)[C@@]1(C)C[C@@H]2O[Si](C)(C)C(C)(C)C. The van der Waals surface area contributed by atoms with Crippen LogP contribution in [0.15, 0.2) is 0 Å². The summed E-state index contributed by atoms with van der Waals surface area (Å²) in [6.45, 7) is 20.2. The average Bonchev–Trinajstić information content (AvgIpc) is 2.59. The molecule has 6 nitrogen and oxygen atoms in total. The van der Waals surface area contributed by atoms with Crippen LogP contribution >= 0.6 is 0 Å². The van der Waals surface area contributed by atoms with Gasteiger partial charge in [0.1, 0.15) is 0 Å². The molecule has 0 aromatic carbocycles. The van der Waals surface area contributed by atoms with E-state index in [2.05, 4.69) is 33.9 Å². The van der Waals surface area contributed by atoms with Gasteiger partial charge in [-0.15, -0.1) is 0 Å². The van der Waals surface area contributed by atoms with Gasteiger partial charge in [-0.05, 0) is 58.7 Å². The first-order valence-corrected chi connectivity index (χ1v) is 13.1. The molecule has 2 heterocycles. The fourth-order valence-electron chi connectivity index (χ4n) is 3.78. The van der Waals surface area contributed by atoms with E-state index in [9.17, 15) is 9.59 Å². The molecule has 3 rings (SSSR count). The van der Waals surface area contributed by atoms with Crippen molar-refractivity contribution in [3.8, 4) is 0 Å². The maximum Gasteiger partial charge on any atom is 0.314 e. The molecule has 1 saturated carbocycles. The zero-order chi connectivity index (χ0) is 21.7. The minimum Gasteiger partial charge on any atom is -0.425 e. The summed E-state index contributed by atoms with van der Waals surface area (Å²) < 4.78 is 24.1. The second-order valence-electron chi connectivity index (χ2n) is 11.1. The lowest BCUT2D eigenvalue weighted by atomic mass is 9.68. The first kappa shape index (κ1) is 23.4. The second-order valence-corrected chi connectivity index (χ2v) is 15.8. The van der Waals surface area contributed by atoms with Crippen LogP contribution in [0.1, 0.15) is 68.2 Å². The Balaban J connectivity index is 2.42. The Morgan fingerprint density at radius 1 is 1.18 bits per heavy atom. The van der Waals surface area contributed by atoms with Gasteiger partial charge in [-0.3, -0.25) is 9.59 Å². The zero-order valence-electron chi connectivity index (χ0n) is 19.2. The first-order chi connectivity index (χ1) is 12.5. The molecule has 0 aromatic rings. The van der Waals surface area contributed by atoms with Crippen molar-refractivity contribution >= 4 is 20.3 Å². The van der Waals surface area contributed by atoms with Crippen molar-refractivity contribution in [2.75, 3.05) is 0 Å². The monoisotopic (exact) mass is 414 g/mol. The van der Waals surface area contributed by atoms with E-state index < -0.39 is 37.5 Å². The molecule has 28 heavy (non-hydrogen) atoms. The van der Waals surface area contributed by atoms with Gasteiger partial charge in [0.05, 0.1) is 29.1 Å². The predicted octanol–water partition coefficient (Wildman–Crippen LogP) is 4.42. The number of carbonyl (C=O) groups is 2. The molecule has 0 radical (unpaired) electrons. The predicted molar refractivity (Wildman–Crippen MR) is 109 cm³/mol.